The molecule has 0 aliphatic heterocycles. The molecule has 0 saturated carbocycles. The van der Waals surface area contributed by atoms with Crippen LogP contribution in [-0.4, -0.2) is 4.98 Å². The number of oxazole rings is 1. The van der Waals surface area contributed by atoms with Gasteiger partial charge in [0.1, 0.15) is 5.52 Å². The van der Waals surface area contributed by atoms with Crippen molar-refractivity contribution in [1.29, 1.82) is 0 Å². The van der Waals surface area contributed by atoms with Gasteiger partial charge in [0.15, 0.2) is 11.5 Å². The summed E-state index contributed by atoms with van der Waals surface area (Å²) < 4.78 is 5.66. The van der Waals surface area contributed by atoms with Crippen molar-refractivity contribution in [3.8, 4) is 0 Å². The third-order valence-corrected chi connectivity index (χ3v) is 2.83. The van der Waals surface area contributed by atoms with Gasteiger partial charge in [-0.3, -0.25) is 0 Å². The monoisotopic (exact) mass is 239 g/mol. The lowest BCUT2D eigenvalue weighted by Gasteiger charge is -1.97. The van der Waals surface area contributed by atoms with Crippen LogP contribution in [0.4, 0.5) is 11.4 Å². The number of hydrogen-bond acceptors (Lipinski definition) is 4. The van der Waals surface area contributed by atoms with E-state index in [4.69, 9.17) is 15.9 Å². The number of rotatable bonds is 2. The molecular formula is C14H13N3O. The van der Waals surface area contributed by atoms with Crippen molar-refractivity contribution in [3.05, 3.63) is 53.9 Å². The maximum absolute atomic E-state index is 5.84. The van der Waals surface area contributed by atoms with Gasteiger partial charge in [-0.25, -0.2) is 4.98 Å². The van der Waals surface area contributed by atoms with Gasteiger partial charge >= 0.3 is 0 Å². The van der Waals surface area contributed by atoms with Gasteiger partial charge in [0.2, 0.25) is 0 Å². The van der Waals surface area contributed by atoms with E-state index in [1.54, 1.807) is 0 Å². The smallest absolute Gasteiger partial charge is 0.199 e. The van der Waals surface area contributed by atoms with E-state index < -0.39 is 0 Å². The van der Waals surface area contributed by atoms with E-state index in [1.165, 1.54) is 0 Å². The van der Waals surface area contributed by atoms with Crippen LogP contribution in [0.15, 0.2) is 46.9 Å². The average molecular weight is 239 g/mol. The summed E-state index contributed by atoms with van der Waals surface area (Å²) in [7, 11) is 0. The highest BCUT2D eigenvalue weighted by Crippen LogP contribution is 2.22. The fourth-order valence-corrected chi connectivity index (χ4v) is 1.90. The van der Waals surface area contributed by atoms with Crippen LogP contribution in [0.2, 0.25) is 0 Å². The molecule has 4 N–H and O–H groups in total. The van der Waals surface area contributed by atoms with Gasteiger partial charge < -0.3 is 15.9 Å². The van der Waals surface area contributed by atoms with Crippen LogP contribution in [0, 0.1) is 0 Å². The second-order valence-electron chi connectivity index (χ2n) is 4.22. The van der Waals surface area contributed by atoms with Gasteiger partial charge in [0, 0.05) is 12.1 Å². The number of benzene rings is 2. The van der Waals surface area contributed by atoms with Crippen molar-refractivity contribution in [2.75, 3.05) is 11.5 Å². The number of fused-ring (bicyclic) bond motifs is 1. The fraction of sp³-hybridized carbons (Fsp3) is 0.0714. The predicted octanol–water partition coefficient (Wildman–Crippen LogP) is 2.58. The third kappa shape index (κ3) is 1.88. The van der Waals surface area contributed by atoms with Crippen LogP contribution in [0.5, 0.6) is 0 Å². The molecule has 3 aromatic rings. The molecule has 0 unspecified atom stereocenters. The molecule has 1 heterocycles. The minimum atomic E-state index is 0.633. The molecule has 90 valence electrons. The zero-order valence-electron chi connectivity index (χ0n) is 9.76. The van der Waals surface area contributed by atoms with Crippen LogP contribution >= 0.6 is 0 Å². The van der Waals surface area contributed by atoms with Gasteiger partial charge in [-0.05, 0) is 29.8 Å². The summed E-state index contributed by atoms with van der Waals surface area (Å²) in [5.41, 5.74) is 15.4. The summed E-state index contributed by atoms with van der Waals surface area (Å²) in [5, 5.41) is 0. The number of anilines is 2. The first-order valence-electron chi connectivity index (χ1n) is 5.71. The second kappa shape index (κ2) is 4.07. The Balaban J connectivity index is 1.95. The lowest BCUT2D eigenvalue weighted by Crippen LogP contribution is -1.90. The normalized spacial score (nSPS) is 10.9. The zero-order chi connectivity index (χ0) is 12.5. The highest BCUT2D eigenvalue weighted by Gasteiger charge is 2.08. The van der Waals surface area contributed by atoms with Crippen LogP contribution in [0.3, 0.4) is 0 Å². The van der Waals surface area contributed by atoms with Crippen LogP contribution in [0.1, 0.15) is 11.5 Å². The number of nitrogens with two attached hydrogens (primary N) is 2. The molecule has 0 spiro atoms. The Kier molecular flexibility index (Phi) is 2.41. The van der Waals surface area contributed by atoms with E-state index in [1.807, 2.05) is 42.5 Å². The summed E-state index contributed by atoms with van der Waals surface area (Å²) in [6.45, 7) is 0. The maximum atomic E-state index is 5.84. The van der Waals surface area contributed by atoms with E-state index >= 15 is 0 Å². The number of hydrogen-bond donors (Lipinski definition) is 2. The molecule has 0 aliphatic carbocycles. The number of nitrogens with zero attached hydrogens (tertiary/aromatic N) is 1. The summed E-state index contributed by atoms with van der Waals surface area (Å²) in [5.74, 6) is 0.660. The Bertz CT molecular complexity index is 686. The van der Waals surface area contributed by atoms with Gasteiger partial charge in [-0.2, -0.15) is 0 Å². The Morgan fingerprint density at radius 3 is 2.50 bits per heavy atom. The molecule has 0 saturated heterocycles. The largest absolute Gasteiger partial charge is 0.440 e. The summed E-state index contributed by atoms with van der Waals surface area (Å²) in [6, 6.07) is 13.2. The van der Waals surface area contributed by atoms with Crippen molar-refractivity contribution >= 4 is 22.5 Å². The van der Waals surface area contributed by atoms with Crippen molar-refractivity contribution < 1.29 is 4.42 Å². The van der Waals surface area contributed by atoms with E-state index in [0.717, 1.165) is 22.4 Å². The van der Waals surface area contributed by atoms with Crippen LogP contribution < -0.4 is 11.5 Å². The van der Waals surface area contributed by atoms with Gasteiger partial charge in [-0.1, -0.05) is 18.2 Å². The first kappa shape index (κ1) is 10.7. The molecule has 0 radical (unpaired) electrons. The molecular weight excluding hydrogens is 226 g/mol. The Hall–Kier alpha value is -2.49. The first-order chi connectivity index (χ1) is 8.72. The Morgan fingerprint density at radius 1 is 1.00 bits per heavy atom. The SMILES string of the molecule is Nc1ccc(Cc2nc3c(N)cccc3o2)cc1. The molecule has 0 fully saturated rings. The molecule has 0 aliphatic rings. The number of nitrogen functional groups attached to an aromatic ring is 2. The fourth-order valence-electron chi connectivity index (χ4n) is 1.90. The minimum Gasteiger partial charge on any atom is -0.440 e. The van der Waals surface area contributed by atoms with Crippen LogP contribution in [-0.2, 0) is 6.42 Å². The van der Waals surface area contributed by atoms with E-state index in [-0.39, 0.29) is 0 Å². The molecule has 1 aromatic heterocycles. The molecule has 0 amide bonds. The minimum absolute atomic E-state index is 0.633. The third-order valence-electron chi connectivity index (χ3n) is 2.83. The quantitative estimate of drug-likeness (QED) is 0.674. The molecule has 18 heavy (non-hydrogen) atoms. The molecule has 4 nitrogen and oxygen atoms in total. The van der Waals surface area contributed by atoms with E-state index in [2.05, 4.69) is 4.98 Å². The zero-order valence-corrected chi connectivity index (χ0v) is 9.76. The maximum Gasteiger partial charge on any atom is 0.199 e. The lowest BCUT2D eigenvalue weighted by atomic mass is 10.1. The van der Waals surface area contributed by atoms with Crippen molar-refractivity contribution in [3.63, 3.8) is 0 Å². The molecule has 0 bridgehead atoms. The summed E-state index contributed by atoms with van der Waals surface area (Å²) in [4.78, 5) is 4.41. The number of para-hydroxylation sites is 1. The predicted molar refractivity (Wildman–Crippen MR) is 72.1 cm³/mol. The average Bonchev–Trinajstić information content (AvgIpc) is 2.76. The Morgan fingerprint density at radius 2 is 1.78 bits per heavy atom. The lowest BCUT2D eigenvalue weighted by molar-refractivity contribution is 0.544. The second-order valence-corrected chi connectivity index (χ2v) is 4.22. The van der Waals surface area contributed by atoms with Gasteiger partial charge in [0.25, 0.3) is 0 Å². The van der Waals surface area contributed by atoms with Gasteiger partial charge in [-0.15, -0.1) is 0 Å². The van der Waals surface area contributed by atoms with Crippen molar-refractivity contribution in [1.82, 2.24) is 4.98 Å². The summed E-state index contributed by atoms with van der Waals surface area (Å²) >= 11 is 0. The molecule has 4 heteroatoms. The topological polar surface area (TPSA) is 78.1 Å². The standard InChI is InChI=1S/C14H13N3O/c15-10-6-4-9(5-7-10)8-13-17-14-11(16)2-1-3-12(14)18-13/h1-7H,8,15-16H2. The summed E-state index contributed by atoms with van der Waals surface area (Å²) in [6.07, 6.45) is 0.633. The highest BCUT2D eigenvalue weighted by atomic mass is 16.3. The molecule has 3 rings (SSSR count). The molecule has 2 aromatic carbocycles. The number of aromatic nitrogens is 1. The van der Waals surface area contributed by atoms with Gasteiger partial charge in [0.05, 0.1) is 5.69 Å². The Labute approximate surface area is 104 Å². The van der Waals surface area contributed by atoms with E-state index in [9.17, 15) is 0 Å². The van der Waals surface area contributed by atoms with Crippen molar-refractivity contribution in [2.45, 2.75) is 6.42 Å². The van der Waals surface area contributed by atoms with Crippen LogP contribution in [0.25, 0.3) is 11.1 Å². The van der Waals surface area contributed by atoms with Crippen molar-refractivity contribution in [2.24, 2.45) is 0 Å². The van der Waals surface area contributed by atoms with E-state index in [0.29, 0.717) is 18.0 Å². The first-order valence-corrected chi connectivity index (χ1v) is 5.71. The highest BCUT2D eigenvalue weighted by molar-refractivity contribution is 5.85. The molecule has 0 atom stereocenters.